The van der Waals surface area contributed by atoms with Crippen LogP contribution >= 0.6 is 0 Å². The summed E-state index contributed by atoms with van der Waals surface area (Å²) in [7, 11) is 3.15. The van der Waals surface area contributed by atoms with Crippen LogP contribution in [0.1, 0.15) is 49.7 Å². The zero-order valence-corrected chi connectivity index (χ0v) is 20.1. The molecule has 1 aromatic carbocycles. The lowest BCUT2D eigenvalue weighted by Gasteiger charge is -2.33. The molecule has 184 valence electrons. The van der Waals surface area contributed by atoms with E-state index in [1.54, 1.807) is 14.2 Å². The zero-order chi connectivity index (χ0) is 24.1. The van der Waals surface area contributed by atoms with Crippen molar-refractivity contribution in [1.82, 2.24) is 4.98 Å². The third-order valence-electron chi connectivity index (χ3n) is 6.75. The molecule has 1 aliphatic carbocycles. The van der Waals surface area contributed by atoms with Crippen LogP contribution in [0.4, 0.5) is 0 Å². The Labute approximate surface area is 200 Å². The number of pyridine rings is 1. The minimum atomic E-state index is -1.29. The van der Waals surface area contributed by atoms with Gasteiger partial charge in [0.15, 0.2) is 0 Å². The number of hydrogen-bond donors (Lipinski definition) is 1. The summed E-state index contributed by atoms with van der Waals surface area (Å²) in [4.78, 5) is 16.5. The van der Waals surface area contributed by atoms with Crippen LogP contribution in [-0.2, 0) is 20.9 Å². The van der Waals surface area contributed by atoms with Crippen molar-refractivity contribution in [3.05, 3.63) is 35.4 Å². The normalized spacial score (nSPS) is 18.0. The first-order valence-electron chi connectivity index (χ1n) is 11.8. The molecule has 0 amide bonds. The average molecular weight is 472 g/mol. The van der Waals surface area contributed by atoms with Crippen LogP contribution in [0.2, 0.25) is 0 Å². The van der Waals surface area contributed by atoms with E-state index in [4.69, 9.17) is 23.7 Å². The van der Waals surface area contributed by atoms with E-state index in [0.29, 0.717) is 50.2 Å². The van der Waals surface area contributed by atoms with E-state index in [2.05, 4.69) is 4.98 Å². The zero-order valence-electron chi connectivity index (χ0n) is 20.1. The van der Waals surface area contributed by atoms with Gasteiger partial charge >= 0.3 is 5.97 Å². The van der Waals surface area contributed by atoms with Crippen molar-refractivity contribution in [1.29, 1.82) is 0 Å². The summed E-state index contributed by atoms with van der Waals surface area (Å²) in [6.07, 6.45) is 5.32. The maximum Gasteiger partial charge on any atom is 0.348 e. The van der Waals surface area contributed by atoms with E-state index in [1.165, 1.54) is 12.8 Å². The van der Waals surface area contributed by atoms with E-state index >= 15 is 0 Å². The Bertz CT molecular complexity index is 1010. The summed E-state index contributed by atoms with van der Waals surface area (Å²) >= 11 is 0. The first-order chi connectivity index (χ1) is 16.5. The summed E-state index contributed by atoms with van der Waals surface area (Å²) < 4.78 is 28.6. The highest BCUT2D eigenvalue weighted by Gasteiger charge is 2.43. The maximum atomic E-state index is 12.1. The number of carbonyl (C=O) groups is 1. The quantitative estimate of drug-likeness (QED) is 0.569. The highest BCUT2D eigenvalue weighted by Crippen LogP contribution is 2.38. The fraction of sp³-hybridized carbons (Fsp3) is 0.538. The predicted molar refractivity (Wildman–Crippen MR) is 126 cm³/mol. The number of carboxylic acids is 1. The fourth-order valence-corrected chi connectivity index (χ4v) is 4.71. The van der Waals surface area contributed by atoms with Crippen LogP contribution in [0.25, 0.3) is 11.1 Å². The number of carboxylic acid groups (broad SMARTS) is 1. The molecule has 34 heavy (non-hydrogen) atoms. The Morgan fingerprint density at radius 1 is 1.12 bits per heavy atom. The van der Waals surface area contributed by atoms with Crippen LogP contribution in [0.3, 0.4) is 0 Å². The number of aliphatic carboxylic acids is 1. The van der Waals surface area contributed by atoms with Crippen LogP contribution in [-0.4, -0.2) is 55.2 Å². The molecule has 4 rings (SSSR count). The molecule has 1 saturated carbocycles. The molecule has 0 spiro atoms. The minimum absolute atomic E-state index is 0.237. The van der Waals surface area contributed by atoms with Gasteiger partial charge in [-0.25, -0.2) is 4.79 Å². The molecule has 2 heterocycles. The van der Waals surface area contributed by atoms with Gasteiger partial charge in [0.05, 0.1) is 40.1 Å². The second kappa shape index (κ2) is 10.6. The summed E-state index contributed by atoms with van der Waals surface area (Å²) in [6, 6.07) is 7.53. The van der Waals surface area contributed by atoms with Gasteiger partial charge in [-0.05, 0) is 48.6 Å². The Kier molecular flexibility index (Phi) is 7.58. The molecule has 1 aromatic heterocycles. The highest BCUT2D eigenvalue weighted by atomic mass is 16.5. The topological polar surface area (TPSA) is 96.3 Å². The van der Waals surface area contributed by atoms with E-state index in [-0.39, 0.29) is 6.10 Å². The molecule has 2 fully saturated rings. The molecule has 0 atom stereocenters. The highest BCUT2D eigenvalue weighted by molar-refractivity contribution is 5.78. The van der Waals surface area contributed by atoms with Crippen molar-refractivity contribution in [3.63, 3.8) is 0 Å². The Hall–Kier alpha value is -2.84. The van der Waals surface area contributed by atoms with Gasteiger partial charge in [-0.2, -0.15) is 4.98 Å². The van der Waals surface area contributed by atoms with Crippen LogP contribution in [0.15, 0.2) is 24.3 Å². The molecule has 1 aliphatic heterocycles. The van der Waals surface area contributed by atoms with Crippen LogP contribution in [0, 0.1) is 6.92 Å². The number of nitrogens with zero attached hydrogens (tertiary/aromatic N) is 1. The van der Waals surface area contributed by atoms with Gasteiger partial charge in [0.1, 0.15) is 5.75 Å². The smallest absolute Gasteiger partial charge is 0.348 e. The molecule has 2 aromatic rings. The number of ether oxygens (including phenoxy) is 5. The number of hydrogen-bond acceptors (Lipinski definition) is 7. The van der Waals surface area contributed by atoms with Gasteiger partial charge in [-0.3, -0.25) is 0 Å². The second-order valence-corrected chi connectivity index (χ2v) is 8.90. The summed E-state index contributed by atoms with van der Waals surface area (Å²) in [5.41, 5.74) is 2.36. The summed E-state index contributed by atoms with van der Waals surface area (Å²) in [6.45, 7) is 3.07. The van der Waals surface area contributed by atoms with Gasteiger partial charge in [-0.1, -0.05) is 18.9 Å². The molecular weight excluding hydrogens is 438 g/mol. The Morgan fingerprint density at radius 2 is 1.85 bits per heavy atom. The molecule has 8 nitrogen and oxygen atoms in total. The van der Waals surface area contributed by atoms with Crippen molar-refractivity contribution >= 4 is 5.97 Å². The van der Waals surface area contributed by atoms with Crippen LogP contribution in [0.5, 0.6) is 17.5 Å². The molecule has 1 N–H and O–H groups in total. The lowest BCUT2D eigenvalue weighted by molar-refractivity contribution is -0.163. The minimum Gasteiger partial charge on any atom is -0.481 e. The van der Waals surface area contributed by atoms with E-state index in [1.807, 2.05) is 31.2 Å². The predicted octanol–water partition coefficient (Wildman–Crippen LogP) is 4.55. The van der Waals surface area contributed by atoms with Gasteiger partial charge in [0.2, 0.25) is 17.4 Å². The third kappa shape index (κ3) is 5.13. The van der Waals surface area contributed by atoms with Crippen molar-refractivity contribution < 1.29 is 33.6 Å². The van der Waals surface area contributed by atoms with E-state index in [9.17, 15) is 9.90 Å². The van der Waals surface area contributed by atoms with Gasteiger partial charge < -0.3 is 28.8 Å². The molecule has 8 heteroatoms. The Balaban J connectivity index is 1.72. The molecule has 2 aliphatic rings. The average Bonchev–Trinajstić information content (AvgIpc) is 3.37. The standard InChI is InChI=1S/C26H33NO7/c1-17-22(15-23(30-2)27-24(17)31-3)21-9-8-20(14-18(21)16-33-19-6-4-5-7-19)34-26(25(28)29)10-12-32-13-11-26/h8-9,14-15,19H,4-7,10-13,16H2,1-3H3,(H,28,29). The lowest BCUT2D eigenvalue weighted by atomic mass is 9.93. The van der Waals surface area contributed by atoms with Crippen molar-refractivity contribution in [2.45, 2.75) is 63.8 Å². The summed E-state index contributed by atoms with van der Waals surface area (Å²) in [5.74, 6) is 0.476. The molecular formula is C26H33NO7. The number of benzene rings is 1. The Morgan fingerprint density at radius 3 is 2.50 bits per heavy atom. The van der Waals surface area contributed by atoms with E-state index in [0.717, 1.165) is 35.1 Å². The number of aromatic nitrogens is 1. The van der Waals surface area contributed by atoms with Crippen molar-refractivity contribution in [2.75, 3.05) is 27.4 Å². The van der Waals surface area contributed by atoms with E-state index < -0.39 is 11.6 Å². The molecule has 0 unspecified atom stereocenters. The number of methoxy groups -OCH3 is 2. The summed E-state index contributed by atoms with van der Waals surface area (Å²) in [5, 5.41) is 9.91. The van der Waals surface area contributed by atoms with Crippen molar-refractivity contribution in [2.24, 2.45) is 0 Å². The fourth-order valence-electron chi connectivity index (χ4n) is 4.71. The van der Waals surface area contributed by atoms with Gasteiger partial charge in [0, 0.05) is 24.5 Å². The van der Waals surface area contributed by atoms with Gasteiger partial charge in [-0.15, -0.1) is 0 Å². The van der Waals surface area contributed by atoms with Crippen LogP contribution < -0.4 is 14.2 Å². The largest absolute Gasteiger partial charge is 0.481 e. The lowest BCUT2D eigenvalue weighted by Crippen LogP contribution is -2.49. The maximum absolute atomic E-state index is 12.1. The second-order valence-electron chi connectivity index (χ2n) is 8.90. The molecule has 0 radical (unpaired) electrons. The first kappa shape index (κ1) is 24.3. The first-order valence-corrected chi connectivity index (χ1v) is 11.8. The van der Waals surface area contributed by atoms with Crippen molar-refractivity contribution in [3.8, 4) is 28.6 Å². The van der Waals surface area contributed by atoms with Gasteiger partial charge in [0.25, 0.3) is 0 Å². The third-order valence-corrected chi connectivity index (χ3v) is 6.75. The monoisotopic (exact) mass is 471 g/mol. The molecule has 0 bridgehead atoms. The molecule has 1 saturated heterocycles. The number of rotatable bonds is 9. The SMILES string of the molecule is COc1cc(-c2ccc(OC3(C(=O)O)CCOCC3)cc2COC2CCCC2)c(C)c(OC)n1.